The van der Waals surface area contributed by atoms with Gasteiger partial charge in [0.2, 0.25) is 5.91 Å². The van der Waals surface area contributed by atoms with Gasteiger partial charge in [-0.1, -0.05) is 23.7 Å². The summed E-state index contributed by atoms with van der Waals surface area (Å²) in [4.78, 5) is 16.6. The molecule has 0 aliphatic carbocycles. The van der Waals surface area contributed by atoms with Crippen molar-refractivity contribution in [2.75, 3.05) is 45.9 Å². The zero-order chi connectivity index (χ0) is 16.8. The van der Waals surface area contributed by atoms with Crippen LogP contribution in [-0.2, 0) is 16.1 Å². The van der Waals surface area contributed by atoms with Crippen molar-refractivity contribution < 1.29 is 9.53 Å². The summed E-state index contributed by atoms with van der Waals surface area (Å²) >= 11 is 6.04. The summed E-state index contributed by atoms with van der Waals surface area (Å²) in [7, 11) is 0. The van der Waals surface area contributed by atoms with Gasteiger partial charge in [0.1, 0.15) is 0 Å². The topological polar surface area (TPSA) is 44.8 Å². The minimum atomic E-state index is 0. The van der Waals surface area contributed by atoms with Crippen molar-refractivity contribution in [2.45, 2.75) is 25.5 Å². The van der Waals surface area contributed by atoms with Crippen molar-refractivity contribution >= 4 is 42.3 Å². The van der Waals surface area contributed by atoms with Gasteiger partial charge in [-0.3, -0.25) is 9.69 Å². The maximum atomic E-state index is 12.3. The summed E-state index contributed by atoms with van der Waals surface area (Å²) in [6.45, 7) is 6.33. The number of rotatable bonds is 6. The molecular formula is C18H28Cl3N3O2. The second-order valence-electron chi connectivity index (χ2n) is 6.55. The number of benzene rings is 1. The molecule has 0 bridgehead atoms. The van der Waals surface area contributed by atoms with Crippen LogP contribution >= 0.6 is 36.4 Å². The molecule has 1 amide bonds. The Morgan fingerprint density at radius 3 is 2.65 bits per heavy atom. The number of amides is 1. The summed E-state index contributed by atoms with van der Waals surface area (Å²) in [5, 5.41) is 4.01. The molecule has 8 heteroatoms. The van der Waals surface area contributed by atoms with Crippen LogP contribution in [0.2, 0.25) is 5.02 Å². The number of ether oxygens (including phenoxy) is 1. The molecule has 26 heavy (non-hydrogen) atoms. The number of carbonyl (C=O) groups is 1. The predicted molar refractivity (Wildman–Crippen MR) is 110 cm³/mol. The minimum Gasteiger partial charge on any atom is -0.377 e. The van der Waals surface area contributed by atoms with E-state index < -0.39 is 0 Å². The van der Waals surface area contributed by atoms with Gasteiger partial charge in [-0.15, -0.1) is 24.8 Å². The van der Waals surface area contributed by atoms with Crippen molar-refractivity contribution in [2.24, 2.45) is 0 Å². The van der Waals surface area contributed by atoms with Crippen LogP contribution < -0.4 is 5.32 Å². The molecule has 1 N–H and O–H groups in total. The van der Waals surface area contributed by atoms with Crippen molar-refractivity contribution in [3.8, 4) is 0 Å². The molecule has 2 fully saturated rings. The first kappa shape index (κ1) is 23.5. The number of hydrogen-bond acceptors (Lipinski definition) is 4. The second kappa shape index (κ2) is 12.0. The Balaban J connectivity index is 0.00000169. The van der Waals surface area contributed by atoms with Crippen LogP contribution in [0.25, 0.3) is 0 Å². The number of nitrogens with one attached hydrogen (secondary N) is 1. The highest BCUT2D eigenvalue weighted by Gasteiger charge is 2.21. The van der Waals surface area contributed by atoms with E-state index in [1.807, 2.05) is 23.1 Å². The van der Waals surface area contributed by atoms with E-state index in [4.69, 9.17) is 16.3 Å². The molecule has 0 saturated carbocycles. The van der Waals surface area contributed by atoms with E-state index in [1.54, 1.807) is 0 Å². The lowest BCUT2D eigenvalue weighted by Crippen LogP contribution is -2.50. The highest BCUT2D eigenvalue weighted by atomic mass is 35.5. The molecule has 1 atom stereocenters. The molecule has 1 unspecified atom stereocenters. The molecule has 0 aromatic heterocycles. The van der Waals surface area contributed by atoms with Gasteiger partial charge in [-0.25, -0.2) is 0 Å². The van der Waals surface area contributed by atoms with Gasteiger partial charge < -0.3 is 15.0 Å². The van der Waals surface area contributed by atoms with Crippen LogP contribution in [0.4, 0.5) is 0 Å². The first-order valence-electron chi connectivity index (χ1n) is 8.77. The van der Waals surface area contributed by atoms with Gasteiger partial charge in [0, 0.05) is 50.9 Å². The van der Waals surface area contributed by atoms with Crippen LogP contribution in [0.3, 0.4) is 0 Å². The standard InChI is InChI=1S/C18H26ClN3O2.2ClH/c19-16-4-1-3-15(11-16)14-21-6-8-22(9-7-21)18(23)13-20-12-17-5-2-10-24-17;;/h1,3-4,11,17,20H,2,5-10,12-14H2;2*1H. The van der Waals surface area contributed by atoms with E-state index >= 15 is 0 Å². The number of nitrogens with zero attached hydrogens (tertiary/aromatic N) is 2. The molecular weight excluding hydrogens is 397 g/mol. The van der Waals surface area contributed by atoms with Crippen LogP contribution in [0.5, 0.6) is 0 Å². The third-order valence-corrected chi connectivity index (χ3v) is 4.93. The van der Waals surface area contributed by atoms with Crippen LogP contribution in [0.1, 0.15) is 18.4 Å². The molecule has 148 valence electrons. The maximum absolute atomic E-state index is 12.3. The Morgan fingerprint density at radius 2 is 2.00 bits per heavy atom. The smallest absolute Gasteiger partial charge is 0.236 e. The second-order valence-corrected chi connectivity index (χ2v) is 6.99. The summed E-state index contributed by atoms with van der Waals surface area (Å²) in [5.41, 5.74) is 1.22. The molecule has 5 nitrogen and oxygen atoms in total. The van der Waals surface area contributed by atoms with Crippen LogP contribution in [0, 0.1) is 0 Å². The van der Waals surface area contributed by atoms with Crippen molar-refractivity contribution in [3.05, 3.63) is 34.9 Å². The fraction of sp³-hybridized carbons (Fsp3) is 0.611. The zero-order valence-corrected chi connectivity index (χ0v) is 17.3. The van der Waals surface area contributed by atoms with Crippen molar-refractivity contribution in [1.29, 1.82) is 0 Å². The number of carbonyl (C=O) groups excluding carboxylic acids is 1. The molecule has 2 aliphatic heterocycles. The third kappa shape index (κ3) is 7.22. The lowest BCUT2D eigenvalue weighted by molar-refractivity contribution is -0.132. The molecule has 1 aromatic carbocycles. The van der Waals surface area contributed by atoms with Crippen molar-refractivity contribution in [3.63, 3.8) is 0 Å². The number of halogens is 3. The first-order chi connectivity index (χ1) is 11.7. The molecule has 0 spiro atoms. The van der Waals surface area contributed by atoms with E-state index in [9.17, 15) is 4.79 Å². The average molecular weight is 425 g/mol. The third-order valence-electron chi connectivity index (χ3n) is 4.69. The van der Waals surface area contributed by atoms with Gasteiger partial charge in [0.25, 0.3) is 0 Å². The highest BCUT2D eigenvalue weighted by molar-refractivity contribution is 6.30. The summed E-state index contributed by atoms with van der Waals surface area (Å²) in [5.74, 6) is 0.190. The van der Waals surface area contributed by atoms with Gasteiger partial charge in [-0.05, 0) is 30.5 Å². The Kier molecular flexibility index (Phi) is 10.8. The minimum absolute atomic E-state index is 0. The Labute approximate surface area is 173 Å². The lowest BCUT2D eigenvalue weighted by Gasteiger charge is -2.35. The van der Waals surface area contributed by atoms with Gasteiger partial charge in [0.05, 0.1) is 12.6 Å². The largest absolute Gasteiger partial charge is 0.377 e. The van der Waals surface area contributed by atoms with E-state index in [2.05, 4.69) is 16.3 Å². The summed E-state index contributed by atoms with van der Waals surface area (Å²) in [6, 6.07) is 7.98. The Bertz CT molecular complexity index is 548. The van der Waals surface area contributed by atoms with E-state index in [0.717, 1.165) is 63.7 Å². The van der Waals surface area contributed by atoms with Crippen molar-refractivity contribution in [1.82, 2.24) is 15.1 Å². The average Bonchev–Trinajstić information content (AvgIpc) is 3.09. The first-order valence-corrected chi connectivity index (χ1v) is 9.15. The molecule has 1 aromatic rings. The zero-order valence-electron chi connectivity index (χ0n) is 14.9. The maximum Gasteiger partial charge on any atom is 0.236 e. The van der Waals surface area contributed by atoms with Crippen LogP contribution in [-0.4, -0.2) is 67.7 Å². The van der Waals surface area contributed by atoms with Gasteiger partial charge in [0.15, 0.2) is 0 Å². The number of piperazine rings is 1. The van der Waals surface area contributed by atoms with E-state index in [-0.39, 0.29) is 36.8 Å². The normalized spacial score (nSPS) is 20.3. The molecule has 3 rings (SSSR count). The quantitative estimate of drug-likeness (QED) is 0.762. The molecule has 2 saturated heterocycles. The van der Waals surface area contributed by atoms with Gasteiger partial charge in [-0.2, -0.15) is 0 Å². The SMILES string of the molecule is Cl.Cl.O=C(CNCC1CCCO1)N1CCN(Cc2cccc(Cl)c2)CC1. The summed E-state index contributed by atoms with van der Waals surface area (Å²) in [6.07, 6.45) is 2.52. The molecule has 2 aliphatic rings. The Hall–Kier alpha value is -0.560. The molecule has 0 radical (unpaired) electrons. The fourth-order valence-corrected chi connectivity index (χ4v) is 3.52. The summed E-state index contributed by atoms with van der Waals surface area (Å²) < 4.78 is 5.56. The van der Waals surface area contributed by atoms with Crippen LogP contribution in [0.15, 0.2) is 24.3 Å². The van der Waals surface area contributed by atoms with Gasteiger partial charge >= 0.3 is 0 Å². The predicted octanol–water partition coefficient (Wildman–Crippen LogP) is 2.60. The molecule has 2 heterocycles. The fourth-order valence-electron chi connectivity index (χ4n) is 3.31. The number of hydrogen-bond donors (Lipinski definition) is 1. The van der Waals surface area contributed by atoms with E-state index in [0.29, 0.717) is 6.54 Å². The Morgan fingerprint density at radius 1 is 1.23 bits per heavy atom. The highest BCUT2D eigenvalue weighted by Crippen LogP contribution is 2.14. The monoisotopic (exact) mass is 423 g/mol. The van der Waals surface area contributed by atoms with E-state index in [1.165, 1.54) is 5.56 Å². The lowest BCUT2D eigenvalue weighted by atomic mass is 10.2.